The molecule has 2 aliphatic rings. The van der Waals surface area contributed by atoms with Gasteiger partial charge in [0.25, 0.3) is 0 Å². The molecule has 0 aliphatic carbocycles. The summed E-state index contributed by atoms with van der Waals surface area (Å²) in [5.41, 5.74) is 2.16. The highest BCUT2D eigenvalue weighted by Crippen LogP contribution is 2.33. The van der Waals surface area contributed by atoms with Crippen molar-refractivity contribution in [2.45, 2.75) is 57.0 Å². The molecule has 0 N–H and O–H groups in total. The Morgan fingerprint density at radius 2 is 1.47 bits per heavy atom. The highest BCUT2D eigenvalue weighted by molar-refractivity contribution is 6.64. The van der Waals surface area contributed by atoms with Gasteiger partial charge >= 0.3 is 8.56 Å². The smallest absolute Gasteiger partial charge is 0.332 e. The van der Waals surface area contributed by atoms with Crippen LogP contribution in [0.4, 0.5) is 0 Å². The molecule has 5 atom stereocenters. The Balaban J connectivity index is 1.60. The zero-order valence-electron chi connectivity index (χ0n) is 18.9. The molecule has 172 valence electrons. The van der Waals surface area contributed by atoms with Crippen molar-refractivity contribution in [1.82, 2.24) is 0 Å². The van der Waals surface area contributed by atoms with Crippen LogP contribution in [0.2, 0.25) is 13.1 Å². The summed E-state index contributed by atoms with van der Waals surface area (Å²) in [6, 6.07) is 20.2. The van der Waals surface area contributed by atoms with Crippen molar-refractivity contribution in [1.29, 1.82) is 0 Å². The van der Waals surface area contributed by atoms with Gasteiger partial charge in [-0.1, -0.05) is 72.8 Å². The number of methoxy groups -OCH3 is 1. The van der Waals surface area contributed by atoms with E-state index in [2.05, 4.69) is 0 Å². The molecule has 32 heavy (non-hydrogen) atoms. The monoisotopic (exact) mass is 456 g/mol. The van der Waals surface area contributed by atoms with E-state index in [-0.39, 0.29) is 12.2 Å². The maximum Gasteiger partial charge on any atom is 0.332 e. The van der Waals surface area contributed by atoms with Gasteiger partial charge in [0.2, 0.25) is 0 Å². The van der Waals surface area contributed by atoms with Crippen molar-refractivity contribution < 1.29 is 27.8 Å². The Hall–Kier alpha value is -1.84. The van der Waals surface area contributed by atoms with E-state index in [0.29, 0.717) is 19.8 Å². The molecular formula is C25H32O6Si. The number of ether oxygens (including phenoxy) is 4. The van der Waals surface area contributed by atoms with Crippen LogP contribution in [-0.2, 0) is 41.0 Å². The van der Waals surface area contributed by atoms with E-state index in [1.54, 1.807) is 7.11 Å². The number of hydrogen-bond donors (Lipinski definition) is 0. The topological polar surface area (TPSA) is 55.4 Å². The molecule has 0 bridgehead atoms. The lowest BCUT2D eigenvalue weighted by molar-refractivity contribution is -0.300. The van der Waals surface area contributed by atoms with Crippen LogP contribution in [0.25, 0.3) is 0 Å². The summed E-state index contributed by atoms with van der Waals surface area (Å²) in [5, 5.41) is 0. The zero-order chi connectivity index (χ0) is 22.4. The molecule has 0 radical (unpaired) electrons. The molecule has 0 amide bonds. The quantitative estimate of drug-likeness (QED) is 0.460. The van der Waals surface area contributed by atoms with E-state index in [1.165, 1.54) is 0 Å². The Bertz CT molecular complexity index is 859. The Labute approximate surface area is 191 Å². The molecular weight excluding hydrogens is 424 g/mol. The molecule has 0 spiro atoms. The minimum atomic E-state index is -2.39. The van der Waals surface area contributed by atoms with Crippen LogP contribution >= 0.6 is 0 Å². The molecule has 1 saturated heterocycles. The van der Waals surface area contributed by atoms with E-state index in [1.807, 2.05) is 85.9 Å². The van der Waals surface area contributed by atoms with Gasteiger partial charge in [-0.2, -0.15) is 0 Å². The number of hydrogen-bond acceptors (Lipinski definition) is 6. The van der Waals surface area contributed by atoms with Crippen LogP contribution < -0.4 is 0 Å². The Kier molecular flexibility index (Phi) is 7.91. The summed E-state index contributed by atoms with van der Waals surface area (Å²) >= 11 is 0. The lowest BCUT2D eigenvalue weighted by Crippen LogP contribution is -2.62. The molecule has 1 fully saturated rings. The summed E-state index contributed by atoms with van der Waals surface area (Å²) in [6.07, 6.45) is 1.83. The molecule has 2 aliphatic heterocycles. The average molecular weight is 457 g/mol. The third-order valence-electron chi connectivity index (χ3n) is 5.61. The minimum Gasteiger partial charge on any atom is -0.391 e. The fourth-order valence-corrected chi connectivity index (χ4v) is 5.50. The van der Waals surface area contributed by atoms with Gasteiger partial charge in [-0.25, -0.2) is 0 Å². The normalized spacial score (nSPS) is 30.7. The van der Waals surface area contributed by atoms with Gasteiger partial charge < -0.3 is 27.8 Å². The number of rotatable bonds is 7. The molecule has 6 nitrogen and oxygen atoms in total. The third-order valence-corrected chi connectivity index (χ3v) is 7.31. The first-order valence-corrected chi connectivity index (χ1v) is 13.8. The van der Waals surface area contributed by atoms with Gasteiger partial charge in [0.1, 0.15) is 24.4 Å². The van der Waals surface area contributed by atoms with Crippen LogP contribution in [0.5, 0.6) is 0 Å². The van der Waals surface area contributed by atoms with Gasteiger partial charge in [-0.05, 0) is 24.2 Å². The first-order valence-electron chi connectivity index (χ1n) is 11.0. The molecule has 4 rings (SSSR count). The fourth-order valence-electron chi connectivity index (χ4n) is 4.01. The van der Waals surface area contributed by atoms with Crippen molar-refractivity contribution in [3.05, 3.63) is 83.9 Å². The minimum absolute atomic E-state index is 0.312. The summed E-state index contributed by atoms with van der Waals surface area (Å²) in [6.45, 7) is 5.45. The largest absolute Gasteiger partial charge is 0.391 e. The van der Waals surface area contributed by atoms with Crippen molar-refractivity contribution in [2.75, 3.05) is 13.7 Å². The van der Waals surface area contributed by atoms with Crippen molar-refractivity contribution in [3.8, 4) is 0 Å². The molecule has 2 aromatic rings. The molecule has 7 heteroatoms. The average Bonchev–Trinajstić information content (AvgIpc) is 2.80. The SMILES string of the molecule is CO[C@H]1O[C@@H]2/C=C\CO[Si](C)(C)O[C@H]2[C@H](OCc2ccccc2)[C@H]1OCc1ccccc1. The second kappa shape index (κ2) is 10.9. The van der Waals surface area contributed by atoms with Crippen LogP contribution in [0.15, 0.2) is 72.8 Å². The maximum absolute atomic E-state index is 6.54. The van der Waals surface area contributed by atoms with E-state index in [4.69, 9.17) is 27.8 Å². The maximum atomic E-state index is 6.54. The third kappa shape index (κ3) is 5.93. The van der Waals surface area contributed by atoms with Crippen LogP contribution in [-0.4, -0.2) is 53.0 Å². The highest BCUT2D eigenvalue weighted by atomic mass is 28.4. The summed E-state index contributed by atoms with van der Waals surface area (Å²) in [4.78, 5) is 0. The number of fused-ring (bicyclic) bond motifs is 1. The summed E-state index contributed by atoms with van der Waals surface area (Å²) < 4.78 is 37.4. The second-order valence-corrected chi connectivity index (χ2v) is 11.8. The molecule has 0 aromatic heterocycles. The van der Waals surface area contributed by atoms with E-state index in [0.717, 1.165) is 11.1 Å². The van der Waals surface area contributed by atoms with Crippen LogP contribution in [0.3, 0.4) is 0 Å². The fraction of sp³-hybridized carbons (Fsp3) is 0.440. The first-order chi connectivity index (χ1) is 15.6. The van der Waals surface area contributed by atoms with Gasteiger partial charge in [0, 0.05) is 7.11 Å². The van der Waals surface area contributed by atoms with Crippen molar-refractivity contribution in [2.24, 2.45) is 0 Å². The van der Waals surface area contributed by atoms with Crippen molar-refractivity contribution in [3.63, 3.8) is 0 Å². The second-order valence-electron chi connectivity index (χ2n) is 8.45. The van der Waals surface area contributed by atoms with Crippen molar-refractivity contribution >= 4 is 8.56 Å². The zero-order valence-corrected chi connectivity index (χ0v) is 19.9. The van der Waals surface area contributed by atoms with Gasteiger partial charge in [0.15, 0.2) is 6.29 Å². The van der Waals surface area contributed by atoms with Crippen LogP contribution in [0.1, 0.15) is 11.1 Å². The molecule has 0 saturated carbocycles. The van der Waals surface area contributed by atoms with Gasteiger partial charge in [-0.3, -0.25) is 0 Å². The standard InChI is InChI=1S/C25H32O6Si/c1-26-25-24(28-18-20-13-8-5-9-14-20)23(27-17-19-11-6-4-7-12-19)22-21(30-25)15-10-16-29-32(2,3)31-22/h4-15,21-25H,16-18H2,1-3H3/b15-10-/t21-,22-,23+,24-,25+/m1/s1. The Morgan fingerprint density at radius 1 is 0.875 bits per heavy atom. The summed E-state index contributed by atoms with van der Waals surface area (Å²) in [7, 11) is -0.755. The predicted octanol–water partition coefficient (Wildman–Crippen LogP) is 4.20. The first kappa shape index (κ1) is 23.3. The Morgan fingerprint density at radius 3 is 2.06 bits per heavy atom. The molecule has 2 heterocycles. The lowest BCUT2D eigenvalue weighted by Gasteiger charge is -2.47. The highest BCUT2D eigenvalue weighted by Gasteiger charge is 2.50. The van der Waals surface area contributed by atoms with Gasteiger partial charge in [0.05, 0.1) is 19.8 Å². The van der Waals surface area contributed by atoms with E-state index >= 15 is 0 Å². The van der Waals surface area contributed by atoms with E-state index < -0.39 is 27.1 Å². The van der Waals surface area contributed by atoms with Gasteiger partial charge in [-0.15, -0.1) is 0 Å². The van der Waals surface area contributed by atoms with Crippen LogP contribution in [0, 0.1) is 0 Å². The number of benzene rings is 2. The molecule has 2 aromatic carbocycles. The van der Waals surface area contributed by atoms with E-state index in [9.17, 15) is 0 Å². The summed E-state index contributed by atoms with van der Waals surface area (Å²) in [5.74, 6) is 0. The predicted molar refractivity (Wildman–Crippen MR) is 123 cm³/mol. The molecule has 0 unspecified atom stereocenters. The lowest BCUT2D eigenvalue weighted by atomic mass is 9.97.